The monoisotopic (exact) mass is 298 g/mol. The fourth-order valence-corrected chi connectivity index (χ4v) is 4.04. The van der Waals surface area contributed by atoms with Crippen LogP contribution in [0.25, 0.3) is 0 Å². The average Bonchev–Trinajstić information content (AvgIpc) is 2.81. The fourth-order valence-electron chi connectivity index (χ4n) is 2.62. The van der Waals surface area contributed by atoms with Crippen LogP contribution >= 0.6 is 0 Å². The fraction of sp³-hybridized carbons (Fsp3) is 0.571. The van der Waals surface area contributed by atoms with Gasteiger partial charge in [-0.25, -0.2) is 13.1 Å². The highest BCUT2D eigenvalue weighted by molar-refractivity contribution is 7.89. The molecule has 0 aromatic heterocycles. The summed E-state index contributed by atoms with van der Waals surface area (Å²) in [6.07, 6.45) is 2.62. The molecule has 1 aromatic rings. The number of aryl methyl sites for hydroxylation is 1. The molecule has 6 heteroatoms. The zero-order valence-electron chi connectivity index (χ0n) is 12.1. The Balaban J connectivity index is 2.27. The Morgan fingerprint density at radius 3 is 2.60 bits per heavy atom. The topological polar surface area (TPSA) is 81.4 Å². The minimum atomic E-state index is -3.56. The highest BCUT2D eigenvalue weighted by Gasteiger charge is 2.31. The third kappa shape index (κ3) is 2.97. The number of methoxy groups -OCH3 is 1. The molecule has 0 heterocycles. The van der Waals surface area contributed by atoms with Gasteiger partial charge in [-0.05, 0) is 56.4 Å². The lowest BCUT2D eigenvalue weighted by Crippen LogP contribution is -2.40. The van der Waals surface area contributed by atoms with Crippen molar-refractivity contribution in [3.05, 3.63) is 23.3 Å². The van der Waals surface area contributed by atoms with Gasteiger partial charge in [-0.1, -0.05) is 0 Å². The van der Waals surface area contributed by atoms with E-state index in [-0.39, 0.29) is 17.0 Å². The predicted molar refractivity (Wildman–Crippen MR) is 79.1 cm³/mol. The first-order valence-corrected chi connectivity index (χ1v) is 8.25. The number of nitrogen functional groups attached to an aromatic ring is 1. The lowest BCUT2D eigenvalue weighted by Gasteiger charge is -2.20. The van der Waals surface area contributed by atoms with Gasteiger partial charge in [0.25, 0.3) is 0 Å². The van der Waals surface area contributed by atoms with Crippen LogP contribution in [0.4, 0.5) is 5.69 Å². The third-order valence-electron chi connectivity index (χ3n) is 4.05. The van der Waals surface area contributed by atoms with E-state index >= 15 is 0 Å². The molecule has 3 N–H and O–H groups in total. The van der Waals surface area contributed by atoms with Crippen LogP contribution in [0.3, 0.4) is 0 Å². The molecule has 1 aromatic carbocycles. The van der Waals surface area contributed by atoms with Gasteiger partial charge in [0, 0.05) is 18.8 Å². The average molecular weight is 298 g/mol. The summed E-state index contributed by atoms with van der Waals surface area (Å²) in [6, 6.07) is 3.01. The second-order valence-electron chi connectivity index (χ2n) is 5.39. The van der Waals surface area contributed by atoms with E-state index in [2.05, 4.69) is 4.72 Å². The largest absolute Gasteiger partial charge is 0.398 e. The van der Waals surface area contributed by atoms with Gasteiger partial charge in [-0.2, -0.15) is 0 Å². The van der Waals surface area contributed by atoms with Crippen molar-refractivity contribution >= 4 is 15.7 Å². The van der Waals surface area contributed by atoms with Crippen LogP contribution in [0.1, 0.15) is 30.4 Å². The molecule has 1 aliphatic carbocycles. The minimum Gasteiger partial charge on any atom is -0.398 e. The molecule has 0 aliphatic heterocycles. The minimum absolute atomic E-state index is 0.0475. The van der Waals surface area contributed by atoms with E-state index in [1.54, 1.807) is 13.2 Å². The molecule has 20 heavy (non-hydrogen) atoms. The Morgan fingerprint density at radius 2 is 2.00 bits per heavy atom. The van der Waals surface area contributed by atoms with Crippen molar-refractivity contribution in [2.75, 3.05) is 12.8 Å². The van der Waals surface area contributed by atoms with Gasteiger partial charge in [0.15, 0.2) is 0 Å². The van der Waals surface area contributed by atoms with Crippen LogP contribution < -0.4 is 10.5 Å². The summed E-state index contributed by atoms with van der Waals surface area (Å²) < 4.78 is 32.9. The van der Waals surface area contributed by atoms with Gasteiger partial charge in [0.05, 0.1) is 11.0 Å². The lowest BCUT2D eigenvalue weighted by atomic mass is 10.1. The number of benzene rings is 1. The standard InChI is InChI=1S/C14H22N2O3S/c1-9-7-11(8-12(15)10(9)2)20(17,18)16-13-5-4-6-14(13)19-3/h7-8,13-14,16H,4-6,15H2,1-3H3. The van der Waals surface area contributed by atoms with Crippen molar-refractivity contribution in [1.82, 2.24) is 4.72 Å². The number of rotatable bonds is 4. The highest BCUT2D eigenvalue weighted by atomic mass is 32.2. The number of hydrogen-bond donors (Lipinski definition) is 2. The molecule has 2 unspecified atom stereocenters. The summed E-state index contributed by atoms with van der Waals surface area (Å²) in [5, 5.41) is 0. The van der Waals surface area contributed by atoms with Crippen LogP contribution in [0, 0.1) is 13.8 Å². The van der Waals surface area contributed by atoms with Crippen LogP contribution in [0.2, 0.25) is 0 Å². The molecular weight excluding hydrogens is 276 g/mol. The highest BCUT2D eigenvalue weighted by Crippen LogP contribution is 2.25. The van der Waals surface area contributed by atoms with Crippen LogP contribution in [0.15, 0.2) is 17.0 Å². The van der Waals surface area contributed by atoms with Crippen LogP contribution in [0.5, 0.6) is 0 Å². The van der Waals surface area contributed by atoms with Gasteiger partial charge in [-0.15, -0.1) is 0 Å². The number of hydrogen-bond acceptors (Lipinski definition) is 4. The van der Waals surface area contributed by atoms with Crippen molar-refractivity contribution in [3.63, 3.8) is 0 Å². The van der Waals surface area contributed by atoms with E-state index in [4.69, 9.17) is 10.5 Å². The molecule has 5 nitrogen and oxygen atoms in total. The van der Waals surface area contributed by atoms with Crippen LogP contribution in [-0.2, 0) is 14.8 Å². The summed E-state index contributed by atoms with van der Waals surface area (Å²) in [5.74, 6) is 0. The van der Waals surface area contributed by atoms with Crippen molar-refractivity contribution in [2.45, 2.75) is 50.2 Å². The SMILES string of the molecule is COC1CCCC1NS(=O)(=O)c1cc(C)c(C)c(N)c1. The maximum absolute atomic E-state index is 12.4. The molecule has 0 spiro atoms. The van der Waals surface area contributed by atoms with Crippen molar-refractivity contribution in [2.24, 2.45) is 0 Å². The first-order chi connectivity index (χ1) is 9.35. The summed E-state index contributed by atoms with van der Waals surface area (Å²) >= 11 is 0. The first-order valence-electron chi connectivity index (χ1n) is 6.77. The summed E-state index contributed by atoms with van der Waals surface area (Å²) in [6.45, 7) is 3.74. The van der Waals surface area contributed by atoms with Gasteiger partial charge < -0.3 is 10.5 Å². The molecule has 0 saturated heterocycles. The maximum Gasteiger partial charge on any atom is 0.240 e. The summed E-state index contributed by atoms with van der Waals surface area (Å²) in [7, 11) is -1.94. The van der Waals surface area contributed by atoms with Crippen molar-refractivity contribution in [3.8, 4) is 0 Å². The van der Waals surface area contributed by atoms with Gasteiger partial charge in [0.1, 0.15) is 0 Å². The molecule has 1 fully saturated rings. The Hall–Kier alpha value is -1.11. The molecule has 112 valence electrons. The zero-order valence-corrected chi connectivity index (χ0v) is 13.0. The Kier molecular flexibility index (Phi) is 4.36. The summed E-state index contributed by atoms with van der Waals surface area (Å²) in [5.41, 5.74) is 8.15. The molecule has 1 saturated carbocycles. The molecule has 1 aliphatic rings. The van der Waals surface area contributed by atoms with E-state index in [1.807, 2.05) is 13.8 Å². The molecule has 0 bridgehead atoms. The number of nitrogens with two attached hydrogens (primary N) is 1. The Labute approximate surface area is 120 Å². The molecular formula is C14H22N2O3S. The number of sulfonamides is 1. The van der Waals surface area contributed by atoms with E-state index < -0.39 is 10.0 Å². The molecule has 2 rings (SSSR count). The second kappa shape index (κ2) is 5.71. The van der Waals surface area contributed by atoms with Crippen molar-refractivity contribution in [1.29, 1.82) is 0 Å². The maximum atomic E-state index is 12.4. The molecule has 2 atom stereocenters. The molecule has 0 radical (unpaired) electrons. The predicted octanol–water partition coefficient (Wildman–Crippen LogP) is 1.73. The third-order valence-corrected chi connectivity index (χ3v) is 5.52. The van der Waals surface area contributed by atoms with Gasteiger partial charge >= 0.3 is 0 Å². The van der Waals surface area contributed by atoms with Gasteiger partial charge in [0.2, 0.25) is 10.0 Å². The number of ether oxygens (including phenoxy) is 1. The smallest absolute Gasteiger partial charge is 0.240 e. The quantitative estimate of drug-likeness (QED) is 0.830. The summed E-state index contributed by atoms with van der Waals surface area (Å²) in [4.78, 5) is 0.222. The first kappa shape index (κ1) is 15.3. The van der Waals surface area contributed by atoms with E-state index in [9.17, 15) is 8.42 Å². The lowest BCUT2D eigenvalue weighted by molar-refractivity contribution is 0.0916. The van der Waals surface area contributed by atoms with E-state index in [0.717, 1.165) is 30.4 Å². The second-order valence-corrected chi connectivity index (χ2v) is 7.10. The number of anilines is 1. The molecule has 0 amide bonds. The van der Waals surface area contributed by atoms with Crippen LogP contribution in [-0.4, -0.2) is 27.7 Å². The van der Waals surface area contributed by atoms with Gasteiger partial charge in [-0.3, -0.25) is 0 Å². The normalized spacial score (nSPS) is 23.1. The van der Waals surface area contributed by atoms with Crippen molar-refractivity contribution < 1.29 is 13.2 Å². The van der Waals surface area contributed by atoms with E-state index in [1.165, 1.54) is 6.07 Å². The zero-order chi connectivity index (χ0) is 14.9. The Bertz CT molecular complexity index is 575. The van der Waals surface area contributed by atoms with E-state index in [0.29, 0.717) is 5.69 Å². The number of nitrogens with one attached hydrogen (secondary N) is 1. The Morgan fingerprint density at radius 1 is 1.30 bits per heavy atom.